The quantitative estimate of drug-likeness (QED) is 0.525. The molecule has 3 aromatic rings. The van der Waals surface area contributed by atoms with Gasteiger partial charge in [-0.05, 0) is 43.7 Å². The van der Waals surface area contributed by atoms with Crippen LogP contribution >= 0.6 is 23.2 Å². The molecular weight excluding hydrogens is 409 g/mol. The summed E-state index contributed by atoms with van der Waals surface area (Å²) in [6.07, 6.45) is 0.601. The predicted octanol–water partition coefficient (Wildman–Crippen LogP) is 5.62. The molecule has 0 bridgehead atoms. The Balaban J connectivity index is 1.89. The summed E-state index contributed by atoms with van der Waals surface area (Å²) in [5.41, 5.74) is 3.87. The highest BCUT2D eigenvalue weighted by molar-refractivity contribution is 6.35. The Morgan fingerprint density at radius 1 is 0.931 bits per heavy atom. The third-order valence-corrected chi connectivity index (χ3v) is 5.24. The number of aromatic nitrogens is 2. The van der Waals surface area contributed by atoms with Gasteiger partial charge in [0.15, 0.2) is 0 Å². The molecule has 1 aromatic heterocycles. The van der Waals surface area contributed by atoms with Gasteiger partial charge >= 0.3 is 0 Å². The molecule has 29 heavy (non-hydrogen) atoms. The molecule has 0 saturated heterocycles. The minimum atomic E-state index is 0.546. The standard InChI is InChI=1S/C22H23Cl2N3O2/c1-13-19(9-15-5-7-17(23)10-20(15)24)22(27-14(2)26-13)25-12-16-6-8-18(28-3)11-21(16)29-4/h5-8,10-11H,9,12H2,1-4H3,(H,25,26,27). The molecule has 1 N–H and O–H groups in total. The van der Waals surface area contributed by atoms with E-state index in [1.807, 2.05) is 44.2 Å². The van der Waals surface area contributed by atoms with Crippen LogP contribution in [0.4, 0.5) is 5.82 Å². The Labute approximate surface area is 181 Å². The Morgan fingerprint density at radius 3 is 2.38 bits per heavy atom. The number of hydrogen-bond donors (Lipinski definition) is 1. The van der Waals surface area contributed by atoms with E-state index in [1.54, 1.807) is 20.3 Å². The van der Waals surface area contributed by atoms with E-state index in [4.69, 9.17) is 32.7 Å². The number of benzene rings is 2. The fourth-order valence-electron chi connectivity index (χ4n) is 3.13. The fraction of sp³-hybridized carbons (Fsp3) is 0.273. The molecule has 7 heteroatoms. The summed E-state index contributed by atoms with van der Waals surface area (Å²) in [5.74, 6) is 2.98. The maximum atomic E-state index is 6.38. The van der Waals surface area contributed by atoms with Crippen molar-refractivity contribution in [2.75, 3.05) is 19.5 Å². The van der Waals surface area contributed by atoms with Gasteiger partial charge in [-0.3, -0.25) is 0 Å². The van der Waals surface area contributed by atoms with Gasteiger partial charge in [0.05, 0.1) is 14.2 Å². The van der Waals surface area contributed by atoms with Crippen molar-refractivity contribution < 1.29 is 9.47 Å². The normalized spacial score (nSPS) is 10.7. The van der Waals surface area contributed by atoms with Crippen LogP contribution in [0, 0.1) is 13.8 Å². The van der Waals surface area contributed by atoms with Crippen LogP contribution in [-0.2, 0) is 13.0 Å². The molecule has 2 aromatic carbocycles. The molecule has 5 nitrogen and oxygen atoms in total. The molecule has 0 fully saturated rings. The van der Waals surface area contributed by atoms with E-state index in [1.165, 1.54) is 0 Å². The first-order chi connectivity index (χ1) is 13.9. The highest BCUT2D eigenvalue weighted by Crippen LogP contribution is 2.29. The molecule has 3 rings (SSSR count). The van der Waals surface area contributed by atoms with Crippen molar-refractivity contribution in [1.82, 2.24) is 9.97 Å². The van der Waals surface area contributed by atoms with Gasteiger partial charge in [-0.25, -0.2) is 9.97 Å². The lowest BCUT2D eigenvalue weighted by Gasteiger charge is -2.16. The van der Waals surface area contributed by atoms with Crippen molar-refractivity contribution in [3.63, 3.8) is 0 Å². The maximum Gasteiger partial charge on any atom is 0.133 e. The summed E-state index contributed by atoms with van der Waals surface area (Å²) in [5, 5.41) is 4.67. The van der Waals surface area contributed by atoms with Gasteiger partial charge in [-0.15, -0.1) is 0 Å². The second-order valence-corrected chi connectivity index (χ2v) is 7.47. The van der Waals surface area contributed by atoms with Crippen molar-refractivity contribution in [3.05, 3.63) is 74.7 Å². The highest BCUT2D eigenvalue weighted by Gasteiger charge is 2.14. The average Bonchev–Trinajstić information content (AvgIpc) is 2.69. The molecule has 1 heterocycles. The molecule has 0 radical (unpaired) electrons. The maximum absolute atomic E-state index is 6.38. The van der Waals surface area contributed by atoms with Gasteiger partial charge < -0.3 is 14.8 Å². The molecular formula is C22H23Cl2N3O2. The van der Waals surface area contributed by atoms with E-state index in [9.17, 15) is 0 Å². The molecule has 0 atom stereocenters. The van der Waals surface area contributed by atoms with Crippen molar-refractivity contribution in [1.29, 1.82) is 0 Å². The highest BCUT2D eigenvalue weighted by atomic mass is 35.5. The number of ether oxygens (including phenoxy) is 2. The van der Waals surface area contributed by atoms with Gasteiger partial charge in [0.2, 0.25) is 0 Å². The molecule has 0 spiro atoms. The van der Waals surface area contributed by atoms with E-state index in [0.29, 0.717) is 28.8 Å². The third-order valence-electron chi connectivity index (χ3n) is 4.65. The Kier molecular flexibility index (Phi) is 6.83. The number of nitrogens with one attached hydrogen (secondary N) is 1. The summed E-state index contributed by atoms with van der Waals surface area (Å²) >= 11 is 12.4. The van der Waals surface area contributed by atoms with Crippen LogP contribution in [0.3, 0.4) is 0 Å². The monoisotopic (exact) mass is 431 g/mol. The number of rotatable bonds is 7. The van der Waals surface area contributed by atoms with Gasteiger partial charge in [0, 0.05) is 45.9 Å². The SMILES string of the molecule is COc1ccc(CNc2nc(C)nc(C)c2Cc2ccc(Cl)cc2Cl)c(OC)c1. The lowest BCUT2D eigenvalue weighted by molar-refractivity contribution is 0.391. The van der Waals surface area contributed by atoms with E-state index >= 15 is 0 Å². The third kappa shape index (κ3) is 5.11. The topological polar surface area (TPSA) is 56.3 Å². The van der Waals surface area contributed by atoms with Gasteiger partial charge in [0.25, 0.3) is 0 Å². The van der Waals surface area contributed by atoms with Crippen LogP contribution in [0.25, 0.3) is 0 Å². The van der Waals surface area contributed by atoms with E-state index in [2.05, 4.69) is 15.3 Å². The van der Waals surface area contributed by atoms with Crippen molar-refractivity contribution >= 4 is 29.0 Å². The summed E-state index contributed by atoms with van der Waals surface area (Å²) in [7, 11) is 3.28. The smallest absolute Gasteiger partial charge is 0.133 e. The Morgan fingerprint density at radius 2 is 1.69 bits per heavy atom. The minimum Gasteiger partial charge on any atom is -0.497 e. The summed E-state index contributed by atoms with van der Waals surface area (Å²) in [6.45, 7) is 4.41. The van der Waals surface area contributed by atoms with Crippen LogP contribution in [0.15, 0.2) is 36.4 Å². The van der Waals surface area contributed by atoms with E-state index in [-0.39, 0.29) is 0 Å². The zero-order valence-electron chi connectivity index (χ0n) is 16.8. The second-order valence-electron chi connectivity index (χ2n) is 6.63. The van der Waals surface area contributed by atoms with Crippen molar-refractivity contribution in [2.24, 2.45) is 0 Å². The first kappa shape index (κ1) is 21.2. The molecule has 0 aliphatic carbocycles. The van der Waals surface area contributed by atoms with Crippen LogP contribution < -0.4 is 14.8 Å². The average molecular weight is 432 g/mol. The summed E-state index contributed by atoms with van der Waals surface area (Å²) < 4.78 is 10.8. The number of aryl methyl sites for hydroxylation is 2. The second kappa shape index (κ2) is 9.33. The van der Waals surface area contributed by atoms with E-state index < -0.39 is 0 Å². The molecule has 0 saturated carbocycles. The fourth-order valence-corrected chi connectivity index (χ4v) is 3.60. The predicted molar refractivity (Wildman–Crippen MR) is 118 cm³/mol. The molecule has 0 amide bonds. The van der Waals surface area contributed by atoms with Crippen molar-refractivity contribution in [3.8, 4) is 11.5 Å². The Hall–Kier alpha value is -2.50. The summed E-state index contributed by atoms with van der Waals surface area (Å²) in [4.78, 5) is 9.15. The number of methoxy groups -OCH3 is 2. The molecule has 0 aliphatic rings. The zero-order valence-corrected chi connectivity index (χ0v) is 18.4. The Bertz CT molecular complexity index is 1030. The lowest BCUT2D eigenvalue weighted by atomic mass is 10.0. The summed E-state index contributed by atoms with van der Waals surface area (Å²) in [6, 6.07) is 11.3. The first-order valence-electron chi connectivity index (χ1n) is 9.14. The lowest BCUT2D eigenvalue weighted by Crippen LogP contribution is -2.10. The van der Waals surface area contributed by atoms with E-state index in [0.717, 1.165) is 39.7 Å². The number of hydrogen-bond acceptors (Lipinski definition) is 5. The van der Waals surface area contributed by atoms with Crippen LogP contribution in [0.5, 0.6) is 11.5 Å². The number of nitrogens with zero attached hydrogens (tertiary/aromatic N) is 2. The number of halogens is 2. The van der Waals surface area contributed by atoms with Crippen molar-refractivity contribution in [2.45, 2.75) is 26.8 Å². The number of anilines is 1. The molecule has 0 aliphatic heterocycles. The molecule has 152 valence electrons. The zero-order chi connectivity index (χ0) is 21.0. The first-order valence-corrected chi connectivity index (χ1v) is 9.89. The minimum absolute atomic E-state index is 0.546. The van der Waals surface area contributed by atoms with Gasteiger partial charge in [-0.2, -0.15) is 0 Å². The van der Waals surface area contributed by atoms with Gasteiger partial charge in [0.1, 0.15) is 23.1 Å². The van der Waals surface area contributed by atoms with Crippen LogP contribution in [0.2, 0.25) is 10.0 Å². The van der Waals surface area contributed by atoms with Crippen LogP contribution in [-0.4, -0.2) is 24.2 Å². The van der Waals surface area contributed by atoms with Gasteiger partial charge in [-0.1, -0.05) is 29.3 Å². The van der Waals surface area contributed by atoms with Crippen LogP contribution in [0.1, 0.15) is 28.2 Å². The molecule has 0 unspecified atom stereocenters. The largest absolute Gasteiger partial charge is 0.497 e.